The molecule has 3 N–H and O–H groups in total. The molecule has 0 bridgehead atoms. The molecule has 0 spiro atoms. The molecule has 1 heterocycles. The van der Waals surface area contributed by atoms with E-state index in [1.807, 2.05) is 25.1 Å². The SMILES string of the molecule is CCc1ccc(N(C)c2cc(NC)nc(N)n2)cc1. The summed E-state index contributed by atoms with van der Waals surface area (Å²) in [6, 6.07) is 10.3. The van der Waals surface area contributed by atoms with E-state index in [4.69, 9.17) is 5.73 Å². The number of nitrogen functional groups attached to an aromatic ring is 1. The number of aryl methyl sites for hydroxylation is 1. The molecule has 100 valence electrons. The van der Waals surface area contributed by atoms with Crippen LogP contribution in [0.15, 0.2) is 30.3 Å². The van der Waals surface area contributed by atoms with Crippen LogP contribution in [0, 0.1) is 0 Å². The van der Waals surface area contributed by atoms with Crippen LogP contribution in [0.2, 0.25) is 0 Å². The minimum absolute atomic E-state index is 0.263. The van der Waals surface area contributed by atoms with Gasteiger partial charge in [-0.3, -0.25) is 0 Å². The third-order valence-electron chi connectivity index (χ3n) is 3.06. The molecule has 0 amide bonds. The van der Waals surface area contributed by atoms with Gasteiger partial charge in [-0.15, -0.1) is 0 Å². The van der Waals surface area contributed by atoms with Crippen molar-refractivity contribution in [3.05, 3.63) is 35.9 Å². The largest absolute Gasteiger partial charge is 0.373 e. The Kier molecular flexibility index (Phi) is 3.85. The summed E-state index contributed by atoms with van der Waals surface area (Å²) in [7, 11) is 3.77. The molecule has 1 aromatic carbocycles. The van der Waals surface area contributed by atoms with Gasteiger partial charge < -0.3 is 16.0 Å². The zero-order valence-electron chi connectivity index (χ0n) is 11.5. The lowest BCUT2D eigenvalue weighted by Crippen LogP contribution is -2.13. The molecule has 0 radical (unpaired) electrons. The predicted octanol–water partition coefficient (Wildman–Crippen LogP) is 2.43. The zero-order chi connectivity index (χ0) is 13.8. The van der Waals surface area contributed by atoms with Crippen LogP contribution in [0.4, 0.5) is 23.3 Å². The van der Waals surface area contributed by atoms with E-state index in [9.17, 15) is 0 Å². The number of nitrogens with two attached hydrogens (primary N) is 1. The van der Waals surface area contributed by atoms with Crippen molar-refractivity contribution in [1.82, 2.24) is 9.97 Å². The van der Waals surface area contributed by atoms with Crippen LogP contribution in [-0.2, 0) is 6.42 Å². The van der Waals surface area contributed by atoms with Gasteiger partial charge in [-0.2, -0.15) is 9.97 Å². The molecule has 1 aromatic heterocycles. The van der Waals surface area contributed by atoms with Gasteiger partial charge in [0.2, 0.25) is 5.95 Å². The maximum Gasteiger partial charge on any atom is 0.223 e. The Balaban J connectivity index is 2.31. The van der Waals surface area contributed by atoms with Crippen molar-refractivity contribution in [3.8, 4) is 0 Å². The minimum Gasteiger partial charge on any atom is -0.373 e. The lowest BCUT2D eigenvalue weighted by atomic mass is 10.1. The van der Waals surface area contributed by atoms with Gasteiger partial charge in [0.1, 0.15) is 11.6 Å². The van der Waals surface area contributed by atoms with Crippen molar-refractivity contribution in [2.45, 2.75) is 13.3 Å². The summed E-state index contributed by atoms with van der Waals surface area (Å²) in [5, 5.41) is 2.97. The van der Waals surface area contributed by atoms with Gasteiger partial charge in [0.05, 0.1) is 0 Å². The first-order valence-corrected chi connectivity index (χ1v) is 6.29. The Morgan fingerprint density at radius 1 is 1.21 bits per heavy atom. The van der Waals surface area contributed by atoms with E-state index < -0.39 is 0 Å². The molecule has 0 aliphatic rings. The Morgan fingerprint density at radius 3 is 2.47 bits per heavy atom. The van der Waals surface area contributed by atoms with Crippen molar-refractivity contribution in [2.24, 2.45) is 0 Å². The summed E-state index contributed by atoms with van der Waals surface area (Å²) in [5.41, 5.74) is 8.09. The third-order valence-corrected chi connectivity index (χ3v) is 3.06. The highest BCUT2D eigenvalue weighted by atomic mass is 15.2. The average Bonchev–Trinajstić information content (AvgIpc) is 2.46. The topological polar surface area (TPSA) is 67.1 Å². The molecule has 5 nitrogen and oxygen atoms in total. The van der Waals surface area contributed by atoms with Crippen LogP contribution in [0.1, 0.15) is 12.5 Å². The second-order valence-electron chi connectivity index (χ2n) is 4.30. The summed E-state index contributed by atoms with van der Waals surface area (Å²) < 4.78 is 0. The van der Waals surface area contributed by atoms with E-state index in [0.717, 1.165) is 17.9 Å². The smallest absolute Gasteiger partial charge is 0.223 e. The minimum atomic E-state index is 0.263. The van der Waals surface area contributed by atoms with Gasteiger partial charge in [-0.1, -0.05) is 19.1 Å². The van der Waals surface area contributed by atoms with Crippen LogP contribution in [0.25, 0.3) is 0 Å². The Labute approximate surface area is 113 Å². The van der Waals surface area contributed by atoms with Crippen molar-refractivity contribution in [2.75, 3.05) is 30.0 Å². The first-order chi connectivity index (χ1) is 9.13. The van der Waals surface area contributed by atoms with Crippen LogP contribution in [0.5, 0.6) is 0 Å². The van der Waals surface area contributed by atoms with Gasteiger partial charge in [-0.05, 0) is 24.1 Å². The molecule has 0 saturated carbocycles. The summed E-state index contributed by atoms with van der Waals surface area (Å²) in [5.74, 6) is 1.74. The van der Waals surface area contributed by atoms with Gasteiger partial charge in [0.15, 0.2) is 0 Å². The summed E-state index contributed by atoms with van der Waals surface area (Å²) in [6.07, 6.45) is 1.04. The highest BCUT2D eigenvalue weighted by Crippen LogP contribution is 2.24. The number of nitrogens with zero attached hydrogens (tertiary/aromatic N) is 3. The van der Waals surface area contributed by atoms with E-state index in [1.165, 1.54) is 5.56 Å². The van der Waals surface area contributed by atoms with Crippen LogP contribution >= 0.6 is 0 Å². The standard InChI is InChI=1S/C14H19N5/c1-4-10-5-7-11(8-6-10)19(3)13-9-12(16-2)17-14(15)18-13/h5-9H,4H2,1-3H3,(H3,15,16,17,18). The van der Waals surface area contributed by atoms with E-state index in [1.54, 1.807) is 0 Å². The fraction of sp³-hybridized carbons (Fsp3) is 0.286. The van der Waals surface area contributed by atoms with Crippen molar-refractivity contribution < 1.29 is 0 Å². The number of anilines is 4. The second kappa shape index (κ2) is 5.56. The molecule has 2 rings (SSSR count). The molecule has 0 atom stereocenters. The number of hydrogen-bond acceptors (Lipinski definition) is 5. The lowest BCUT2D eigenvalue weighted by Gasteiger charge is -2.19. The number of aromatic nitrogens is 2. The van der Waals surface area contributed by atoms with Gasteiger partial charge in [0, 0.05) is 25.8 Å². The van der Waals surface area contributed by atoms with E-state index in [-0.39, 0.29) is 5.95 Å². The van der Waals surface area contributed by atoms with Gasteiger partial charge >= 0.3 is 0 Å². The van der Waals surface area contributed by atoms with E-state index in [2.05, 4.69) is 46.5 Å². The fourth-order valence-electron chi connectivity index (χ4n) is 1.84. The summed E-state index contributed by atoms with van der Waals surface area (Å²) >= 11 is 0. The Bertz CT molecular complexity index is 550. The van der Waals surface area contributed by atoms with Crippen LogP contribution < -0.4 is 16.0 Å². The Morgan fingerprint density at radius 2 is 1.89 bits per heavy atom. The Hall–Kier alpha value is -2.30. The normalized spacial score (nSPS) is 10.3. The quantitative estimate of drug-likeness (QED) is 0.880. The van der Waals surface area contributed by atoms with Crippen molar-refractivity contribution >= 4 is 23.3 Å². The van der Waals surface area contributed by atoms with E-state index >= 15 is 0 Å². The van der Waals surface area contributed by atoms with Crippen LogP contribution in [-0.4, -0.2) is 24.1 Å². The molecule has 0 aliphatic heterocycles. The molecule has 0 unspecified atom stereocenters. The molecule has 0 saturated heterocycles. The van der Waals surface area contributed by atoms with Crippen molar-refractivity contribution in [3.63, 3.8) is 0 Å². The molecule has 19 heavy (non-hydrogen) atoms. The average molecular weight is 257 g/mol. The maximum absolute atomic E-state index is 5.71. The first-order valence-electron chi connectivity index (χ1n) is 6.29. The maximum atomic E-state index is 5.71. The van der Waals surface area contributed by atoms with Crippen molar-refractivity contribution in [1.29, 1.82) is 0 Å². The predicted molar refractivity (Wildman–Crippen MR) is 79.9 cm³/mol. The zero-order valence-corrected chi connectivity index (χ0v) is 11.5. The second-order valence-corrected chi connectivity index (χ2v) is 4.30. The highest BCUT2D eigenvalue weighted by Gasteiger charge is 2.08. The first kappa shape index (κ1) is 13.1. The number of nitrogens with one attached hydrogen (secondary N) is 1. The molecular formula is C14H19N5. The molecule has 5 heteroatoms. The summed E-state index contributed by atoms with van der Waals surface area (Å²) in [4.78, 5) is 10.3. The molecule has 0 aliphatic carbocycles. The summed E-state index contributed by atoms with van der Waals surface area (Å²) in [6.45, 7) is 2.14. The fourth-order valence-corrected chi connectivity index (χ4v) is 1.84. The van der Waals surface area contributed by atoms with E-state index in [0.29, 0.717) is 5.82 Å². The monoisotopic (exact) mass is 257 g/mol. The van der Waals surface area contributed by atoms with Crippen LogP contribution in [0.3, 0.4) is 0 Å². The number of hydrogen-bond donors (Lipinski definition) is 2. The molecule has 2 aromatic rings. The molecular weight excluding hydrogens is 238 g/mol. The number of benzene rings is 1. The molecule has 0 fully saturated rings. The third kappa shape index (κ3) is 2.93. The lowest BCUT2D eigenvalue weighted by molar-refractivity contribution is 1.08. The van der Waals surface area contributed by atoms with Gasteiger partial charge in [0.25, 0.3) is 0 Å². The highest BCUT2D eigenvalue weighted by molar-refractivity contribution is 5.63. The number of rotatable bonds is 4. The van der Waals surface area contributed by atoms with Gasteiger partial charge in [-0.25, -0.2) is 0 Å².